The fourth-order valence-electron chi connectivity index (χ4n) is 5.81. The number of hydrogen-bond donors (Lipinski definition) is 1. The molecule has 6 rings (SSSR count). The van der Waals surface area contributed by atoms with Crippen molar-refractivity contribution in [3.8, 4) is 0 Å². The molecule has 118 valence electrons. The molecule has 0 spiro atoms. The Kier molecular flexibility index (Phi) is 2.82. The minimum absolute atomic E-state index is 0.0847. The number of carbonyl (C=O) groups excluding carboxylic acids is 1. The van der Waals surface area contributed by atoms with Crippen LogP contribution in [-0.4, -0.2) is 10.9 Å². The average molecular weight is 306 g/mol. The van der Waals surface area contributed by atoms with Gasteiger partial charge in [-0.05, 0) is 80.5 Å². The number of nitrogens with one attached hydrogen (secondary N) is 1. The van der Waals surface area contributed by atoms with Gasteiger partial charge in [0.15, 0.2) is 0 Å². The quantitative estimate of drug-likeness (QED) is 0.894. The molecule has 3 nitrogen and oxygen atoms in total. The van der Waals surface area contributed by atoms with Crippen LogP contribution in [0, 0.1) is 23.2 Å². The van der Waals surface area contributed by atoms with Gasteiger partial charge in [0.1, 0.15) is 0 Å². The number of hydrogen-bond acceptors (Lipinski definition) is 2. The smallest absolute Gasteiger partial charge is 0.230 e. The SMILES string of the molecule is O=C(Nc1ccc2ncccc2c1)C12CC3CC(CC(C3)C1)C2. The van der Waals surface area contributed by atoms with E-state index in [-0.39, 0.29) is 11.3 Å². The number of anilines is 1. The summed E-state index contributed by atoms with van der Waals surface area (Å²) in [5.74, 6) is 2.66. The Morgan fingerprint density at radius 2 is 1.74 bits per heavy atom. The average Bonchev–Trinajstić information content (AvgIpc) is 2.53. The van der Waals surface area contributed by atoms with E-state index in [1.807, 2.05) is 30.3 Å². The van der Waals surface area contributed by atoms with E-state index in [0.717, 1.165) is 53.6 Å². The van der Waals surface area contributed by atoms with Crippen LogP contribution >= 0.6 is 0 Å². The summed E-state index contributed by atoms with van der Waals surface area (Å²) in [5.41, 5.74) is 1.80. The highest BCUT2D eigenvalue weighted by Gasteiger charge is 2.54. The summed E-state index contributed by atoms with van der Waals surface area (Å²) in [6.45, 7) is 0. The van der Waals surface area contributed by atoms with E-state index in [9.17, 15) is 4.79 Å². The minimum atomic E-state index is -0.0847. The molecule has 4 bridgehead atoms. The van der Waals surface area contributed by atoms with Crippen molar-refractivity contribution in [1.29, 1.82) is 0 Å². The highest BCUT2D eigenvalue weighted by molar-refractivity contribution is 5.97. The van der Waals surface area contributed by atoms with Crippen LogP contribution in [0.5, 0.6) is 0 Å². The number of aromatic nitrogens is 1. The maximum absolute atomic E-state index is 13.1. The van der Waals surface area contributed by atoms with Crippen molar-refractivity contribution < 1.29 is 4.79 Å². The number of amides is 1. The van der Waals surface area contributed by atoms with Gasteiger partial charge in [0.05, 0.1) is 10.9 Å². The normalized spacial score (nSPS) is 34.7. The van der Waals surface area contributed by atoms with Crippen LogP contribution < -0.4 is 5.32 Å². The number of pyridine rings is 1. The Labute approximate surface area is 136 Å². The number of nitrogens with zero attached hydrogens (tertiary/aromatic N) is 1. The zero-order valence-electron chi connectivity index (χ0n) is 13.3. The van der Waals surface area contributed by atoms with Crippen molar-refractivity contribution >= 4 is 22.5 Å². The molecule has 1 amide bonds. The Morgan fingerprint density at radius 1 is 1.04 bits per heavy atom. The second kappa shape index (κ2) is 4.80. The number of benzene rings is 1. The standard InChI is InChI=1S/C20H22N2O/c23-19(20-10-13-6-14(11-20)8-15(7-13)12-20)22-17-3-4-18-16(9-17)2-1-5-21-18/h1-5,9,13-15H,6-8,10-12H2,(H,22,23). The molecule has 4 saturated carbocycles. The Balaban J connectivity index is 1.42. The van der Waals surface area contributed by atoms with Gasteiger partial charge in [-0.2, -0.15) is 0 Å². The summed E-state index contributed by atoms with van der Waals surface area (Å²) in [6.07, 6.45) is 9.24. The van der Waals surface area contributed by atoms with Gasteiger partial charge < -0.3 is 5.32 Å². The predicted octanol–water partition coefficient (Wildman–Crippen LogP) is 4.39. The lowest BCUT2D eigenvalue weighted by Gasteiger charge is -2.55. The molecule has 1 aromatic heterocycles. The largest absolute Gasteiger partial charge is 0.326 e. The van der Waals surface area contributed by atoms with Gasteiger partial charge in [-0.25, -0.2) is 0 Å². The van der Waals surface area contributed by atoms with Crippen molar-refractivity contribution in [1.82, 2.24) is 4.98 Å². The second-order valence-corrected chi connectivity index (χ2v) is 8.06. The molecule has 3 heteroatoms. The molecule has 1 heterocycles. The van der Waals surface area contributed by atoms with Crippen LogP contribution in [0.15, 0.2) is 36.5 Å². The molecule has 0 radical (unpaired) electrons. The molecule has 0 unspecified atom stereocenters. The predicted molar refractivity (Wildman–Crippen MR) is 91.0 cm³/mol. The van der Waals surface area contributed by atoms with E-state index < -0.39 is 0 Å². The van der Waals surface area contributed by atoms with Gasteiger partial charge in [-0.15, -0.1) is 0 Å². The van der Waals surface area contributed by atoms with E-state index in [1.54, 1.807) is 6.20 Å². The van der Waals surface area contributed by atoms with Crippen molar-refractivity contribution in [3.05, 3.63) is 36.5 Å². The fourth-order valence-corrected chi connectivity index (χ4v) is 5.81. The Hall–Kier alpha value is -1.90. The highest BCUT2D eigenvalue weighted by Crippen LogP contribution is 2.60. The Bertz CT molecular complexity index is 747. The van der Waals surface area contributed by atoms with Crippen LogP contribution in [0.25, 0.3) is 10.9 Å². The molecule has 0 saturated heterocycles. The molecule has 4 aliphatic rings. The maximum Gasteiger partial charge on any atom is 0.230 e. The molecule has 23 heavy (non-hydrogen) atoms. The summed E-state index contributed by atoms with van der Waals surface area (Å²) in [4.78, 5) is 17.4. The van der Waals surface area contributed by atoms with Crippen LogP contribution in [0.2, 0.25) is 0 Å². The first-order chi connectivity index (χ1) is 11.2. The van der Waals surface area contributed by atoms with E-state index in [0.29, 0.717) is 0 Å². The summed E-state index contributed by atoms with van der Waals surface area (Å²) in [6, 6.07) is 9.99. The lowest BCUT2D eigenvalue weighted by molar-refractivity contribution is -0.140. The maximum atomic E-state index is 13.1. The van der Waals surface area contributed by atoms with E-state index in [1.165, 1.54) is 19.3 Å². The van der Waals surface area contributed by atoms with Gasteiger partial charge in [0, 0.05) is 17.3 Å². The molecule has 0 aliphatic heterocycles. The third-order valence-corrected chi connectivity index (χ3v) is 6.38. The van der Waals surface area contributed by atoms with Crippen LogP contribution in [0.3, 0.4) is 0 Å². The number of rotatable bonds is 2. The zero-order valence-corrected chi connectivity index (χ0v) is 13.3. The molecule has 2 aromatic rings. The van der Waals surface area contributed by atoms with Gasteiger partial charge in [-0.3, -0.25) is 9.78 Å². The van der Waals surface area contributed by atoms with Crippen molar-refractivity contribution in [2.24, 2.45) is 23.2 Å². The molecule has 4 fully saturated rings. The number of fused-ring (bicyclic) bond motifs is 1. The fraction of sp³-hybridized carbons (Fsp3) is 0.500. The van der Waals surface area contributed by atoms with Crippen LogP contribution in [0.4, 0.5) is 5.69 Å². The lowest BCUT2D eigenvalue weighted by atomic mass is 9.49. The molecule has 4 aliphatic carbocycles. The van der Waals surface area contributed by atoms with Crippen molar-refractivity contribution in [2.45, 2.75) is 38.5 Å². The summed E-state index contributed by atoms with van der Waals surface area (Å²) < 4.78 is 0. The van der Waals surface area contributed by atoms with Crippen LogP contribution in [-0.2, 0) is 4.79 Å². The zero-order chi connectivity index (χ0) is 15.4. The van der Waals surface area contributed by atoms with Crippen molar-refractivity contribution in [2.75, 3.05) is 5.32 Å². The minimum Gasteiger partial charge on any atom is -0.326 e. The first-order valence-corrected chi connectivity index (χ1v) is 8.86. The third kappa shape index (κ3) is 2.17. The summed E-state index contributed by atoms with van der Waals surface area (Å²) >= 11 is 0. The van der Waals surface area contributed by atoms with Gasteiger partial charge in [0.2, 0.25) is 5.91 Å². The van der Waals surface area contributed by atoms with Crippen LogP contribution in [0.1, 0.15) is 38.5 Å². The van der Waals surface area contributed by atoms with Gasteiger partial charge in [0.25, 0.3) is 0 Å². The third-order valence-electron chi connectivity index (χ3n) is 6.38. The van der Waals surface area contributed by atoms with Gasteiger partial charge >= 0.3 is 0 Å². The van der Waals surface area contributed by atoms with E-state index in [2.05, 4.69) is 10.3 Å². The monoisotopic (exact) mass is 306 g/mol. The summed E-state index contributed by atoms with van der Waals surface area (Å²) in [5, 5.41) is 4.30. The van der Waals surface area contributed by atoms with E-state index in [4.69, 9.17) is 0 Å². The van der Waals surface area contributed by atoms with Gasteiger partial charge in [-0.1, -0.05) is 6.07 Å². The molecule has 1 aromatic carbocycles. The summed E-state index contributed by atoms with van der Waals surface area (Å²) in [7, 11) is 0. The highest BCUT2D eigenvalue weighted by atomic mass is 16.2. The molecular weight excluding hydrogens is 284 g/mol. The number of carbonyl (C=O) groups is 1. The molecular formula is C20H22N2O. The molecule has 0 atom stereocenters. The first kappa shape index (κ1) is 13.5. The molecule has 1 N–H and O–H groups in total. The second-order valence-electron chi connectivity index (χ2n) is 8.06. The van der Waals surface area contributed by atoms with Crippen molar-refractivity contribution in [3.63, 3.8) is 0 Å². The first-order valence-electron chi connectivity index (χ1n) is 8.86. The van der Waals surface area contributed by atoms with E-state index >= 15 is 0 Å². The Morgan fingerprint density at radius 3 is 2.43 bits per heavy atom. The lowest BCUT2D eigenvalue weighted by Crippen LogP contribution is -2.51. The topological polar surface area (TPSA) is 42.0 Å².